The number of nitrogens with one attached hydrogen (secondary N) is 1. The van der Waals surface area contributed by atoms with Gasteiger partial charge in [-0.1, -0.05) is 30.2 Å². The van der Waals surface area contributed by atoms with Crippen LogP contribution in [0.1, 0.15) is 48.9 Å². The fourth-order valence-corrected chi connectivity index (χ4v) is 3.51. The van der Waals surface area contributed by atoms with E-state index < -0.39 is 5.60 Å². The number of aliphatic imine (C=N–C) groups is 1. The van der Waals surface area contributed by atoms with Crippen molar-refractivity contribution in [1.82, 2.24) is 0 Å². The Balaban J connectivity index is 1.93. The first-order valence-corrected chi connectivity index (χ1v) is 9.90. The summed E-state index contributed by atoms with van der Waals surface area (Å²) in [7, 11) is 0. The summed E-state index contributed by atoms with van der Waals surface area (Å²) in [4.78, 5) is 4.56. The molecule has 1 fully saturated rings. The number of terminal acetylenes is 1. The summed E-state index contributed by atoms with van der Waals surface area (Å²) < 4.78 is 11.0. The summed E-state index contributed by atoms with van der Waals surface area (Å²) in [6.07, 6.45) is 6.68. The van der Waals surface area contributed by atoms with Crippen molar-refractivity contribution >= 4 is 11.5 Å². The van der Waals surface area contributed by atoms with Crippen LogP contribution in [0.3, 0.4) is 0 Å². The van der Waals surface area contributed by atoms with Gasteiger partial charge in [0, 0.05) is 28.9 Å². The lowest BCUT2D eigenvalue weighted by Crippen LogP contribution is -2.44. The SMILES string of the molecule is C#Cc1ccc(C(=N)c2ccccc2C(N)=NC2CC(C)(O)C2)c(OCOCC)c1. The van der Waals surface area contributed by atoms with Gasteiger partial charge < -0.3 is 20.3 Å². The Morgan fingerprint density at radius 3 is 2.60 bits per heavy atom. The molecule has 156 valence electrons. The molecule has 1 aliphatic carbocycles. The van der Waals surface area contributed by atoms with Crippen LogP contribution < -0.4 is 10.5 Å². The molecule has 3 rings (SSSR count). The van der Waals surface area contributed by atoms with Crippen LogP contribution in [0.25, 0.3) is 0 Å². The Labute approximate surface area is 177 Å². The van der Waals surface area contributed by atoms with Gasteiger partial charge in [-0.3, -0.25) is 10.4 Å². The molecule has 0 spiro atoms. The van der Waals surface area contributed by atoms with Gasteiger partial charge in [-0.2, -0.15) is 0 Å². The second-order valence-electron chi connectivity index (χ2n) is 7.60. The smallest absolute Gasteiger partial charge is 0.189 e. The topological polar surface area (TPSA) is 101 Å². The highest BCUT2D eigenvalue weighted by Crippen LogP contribution is 2.34. The van der Waals surface area contributed by atoms with E-state index in [0.29, 0.717) is 53.3 Å². The van der Waals surface area contributed by atoms with Crippen molar-refractivity contribution < 1.29 is 14.6 Å². The molecule has 1 saturated carbocycles. The molecule has 6 nitrogen and oxygen atoms in total. The summed E-state index contributed by atoms with van der Waals surface area (Å²) in [5.41, 5.74) is 8.41. The molecular formula is C24H27N3O3. The van der Waals surface area contributed by atoms with Crippen molar-refractivity contribution in [3.05, 3.63) is 64.7 Å². The van der Waals surface area contributed by atoms with E-state index in [1.165, 1.54) is 0 Å². The minimum Gasteiger partial charge on any atom is -0.467 e. The van der Waals surface area contributed by atoms with Crippen LogP contribution in [0.5, 0.6) is 5.75 Å². The molecule has 30 heavy (non-hydrogen) atoms. The summed E-state index contributed by atoms with van der Waals surface area (Å²) in [5, 5.41) is 18.8. The first kappa shape index (κ1) is 21.6. The molecule has 0 amide bonds. The van der Waals surface area contributed by atoms with Gasteiger partial charge in [0.05, 0.1) is 17.4 Å². The summed E-state index contributed by atoms with van der Waals surface area (Å²) in [6.45, 7) is 4.26. The van der Waals surface area contributed by atoms with Crippen LogP contribution in [0.15, 0.2) is 47.5 Å². The molecule has 4 N–H and O–H groups in total. The van der Waals surface area contributed by atoms with Crippen molar-refractivity contribution in [1.29, 1.82) is 5.41 Å². The Hall–Kier alpha value is -3.14. The van der Waals surface area contributed by atoms with E-state index in [2.05, 4.69) is 10.9 Å². The quantitative estimate of drug-likeness (QED) is 0.207. The van der Waals surface area contributed by atoms with Crippen molar-refractivity contribution in [2.24, 2.45) is 10.7 Å². The van der Waals surface area contributed by atoms with Gasteiger partial charge in [-0.15, -0.1) is 6.42 Å². The molecule has 0 radical (unpaired) electrons. The fraction of sp³-hybridized carbons (Fsp3) is 0.333. The second-order valence-corrected chi connectivity index (χ2v) is 7.60. The van der Waals surface area contributed by atoms with Gasteiger partial charge in [0.1, 0.15) is 11.6 Å². The molecular weight excluding hydrogens is 378 g/mol. The first-order chi connectivity index (χ1) is 14.3. The van der Waals surface area contributed by atoms with Crippen molar-refractivity contribution in [2.45, 2.75) is 38.3 Å². The lowest BCUT2D eigenvalue weighted by atomic mass is 9.77. The minimum atomic E-state index is -0.674. The van der Waals surface area contributed by atoms with Gasteiger partial charge in [-0.25, -0.2) is 0 Å². The van der Waals surface area contributed by atoms with E-state index in [4.69, 9.17) is 27.0 Å². The normalized spacial score (nSPS) is 20.9. The van der Waals surface area contributed by atoms with Crippen molar-refractivity contribution in [3.63, 3.8) is 0 Å². The molecule has 2 aromatic carbocycles. The van der Waals surface area contributed by atoms with E-state index in [-0.39, 0.29) is 18.5 Å². The third-order valence-electron chi connectivity index (χ3n) is 5.06. The third-order valence-corrected chi connectivity index (χ3v) is 5.06. The predicted octanol–water partition coefficient (Wildman–Crippen LogP) is 3.08. The standard InChI is InChI=1S/C24H27N3O3/c1-4-16-10-11-20(21(12-16)30-15-29-5-2)22(25)18-8-6-7-9-19(18)23(26)27-17-13-24(3,28)14-17/h1,6-12,17,25,28H,5,13-15H2,2-3H3,(H2,26,27). The number of nitrogens with two attached hydrogens (primary N) is 1. The average molecular weight is 405 g/mol. The zero-order valence-electron chi connectivity index (χ0n) is 17.3. The molecule has 0 aromatic heterocycles. The monoisotopic (exact) mass is 405 g/mol. The Morgan fingerprint density at radius 1 is 1.27 bits per heavy atom. The molecule has 0 heterocycles. The maximum atomic E-state index is 9.94. The number of ether oxygens (including phenoxy) is 2. The average Bonchev–Trinajstić information content (AvgIpc) is 2.72. The largest absolute Gasteiger partial charge is 0.467 e. The van der Waals surface area contributed by atoms with Crippen LogP contribution in [-0.4, -0.2) is 41.7 Å². The van der Waals surface area contributed by atoms with Crippen LogP contribution in [0.4, 0.5) is 0 Å². The maximum absolute atomic E-state index is 9.94. The number of amidine groups is 1. The van der Waals surface area contributed by atoms with E-state index in [1.807, 2.05) is 31.2 Å². The lowest BCUT2D eigenvalue weighted by Gasteiger charge is -2.38. The van der Waals surface area contributed by atoms with Crippen LogP contribution in [0, 0.1) is 17.8 Å². The highest BCUT2D eigenvalue weighted by atomic mass is 16.7. The fourth-order valence-electron chi connectivity index (χ4n) is 3.51. The number of hydrogen-bond donors (Lipinski definition) is 3. The Bertz CT molecular complexity index is 997. The van der Waals surface area contributed by atoms with E-state index in [9.17, 15) is 5.11 Å². The molecule has 0 atom stereocenters. The van der Waals surface area contributed by atoms with E-state index >= 15 is 0 Å². The zero-order chi connectivity index (χ0) is 21.7. The van der Waals surface area contributed by atoms with Gasteiger partial charge >= 0.3 is 0 Å². The van der Waals surface area contributed by atoms with Crippen LogP contribution >= 0.6 is 0 Å². The van der Waals surface area contributed by atoms with Gasteiger partial charge in [0.25, 0.3) is 0 Å². The Kier molecular flexibility index (Phi) is 6.56. The first-order valence-electron chi connectivity index (χ1n) is 9.90. The van der Waals surface area contributed by atoms with Crippen molar-refractivity contribution in [3.8, 4) is 18.1 Å². The van der Waals surface area contributed by atoms with E-state index in [1.54, 1.807) is 25.1 Å². The summed E-state index contributed by atoms with van der Waals surface area (Å²) >= 11 is 0. The van der Waals surface area contributed by atoms with Crippen LogP contribution in [0.2, 0.25) is 0 Å². The number of hydrogen-bond acceptors (Lipinski definition) is 5. The lowest BCUT2D eigenvalue weighted by molar-refractivity contribution is -0.0280. The second kappa shape index (κ2) is 9.12. The summed E-state index contributed by atoms with van der Waals surface area (Å²) in [5.74, 6) is 3.41. The third kappa shape index (κ3) is 4.88. The highest BCUT2D eigenvalue weighted by molar-refractivity contribution is 6.18. The number of nitrogens with zero attached hydrogens (tertiary/aromatic N) is 1. The molecule has 2 aromatic rings. The van der Waals surface area contributed by atoms with Gasteiger partial charge in [0.15, 0.2) is 6.79 Å². The summed E-state index contributed by atoms with van der Waals surface area (Å²) in [6, 6.07) is 12.6. The van der Waals surface area contributed by atoms with Crippen LogP contribution in [-0.2, 0) is 4.74 Å². The zero-order valence-corrected chi connectivity index (χ0v) is 17.3. The minimum absolute atomic E-state index is 0.0118. The molecule has 6 heteroatoms. The molecule has 0 bridgehead atoms. The van der Waals surface area contributed by atoms with Gasteiger partial charge in [-0.05, 0) is 44.9 Å². The molecule has 0 unspecified atom stereocenters. The number of rotatable bonds is 8. The van der Waals surface area contributed by atoms with Gasteiger partial charge in [0.2, 0.25) is 0 Å². The predicted molar refractivity (Wildman–Crippen MR) is 118 cm³/mol. The maximum Gasteiger partial charge on any atom is 0.189 e. The molecule has 0 saturated heterocycles. The van der Waals surface area contributed by atoms with Crippen molar-refractivity contribution in [2.75, 3.05) is 13.4 Å². The Morgan fingerprint density at radius 2 is 1.97 bits per heavy atom. The highest BCUT2D eigenvalue weighted by Gasteiger charge is 2.38. The number of benzene rings is 2. The number of aliphatic hydroxyl groups is 1. The van der Waals surface area contributed by atoms with E-state index in [0.717, 1.165) is 0 Å². The molecule has 1 aliphatic rings. The molecule has 0 aliphatic heterocycles.